The highest BCUT2D eigenvalue weighted by molar-refractivity contribution is 6.03. The number of hydrogen-bond donors (Lipinski definition) is 3. The molecule has 0 saturated carbocycles. The predicted octanol–water partition coefficient (Wildman–Crippen LogP) is 2.20. The van der Waals surface area contributed by atoms with Crippen LogP contribution in [-0.2, 0) is 6.42 Å². The lowest BCUT2D eigenvalue weighted by Crippen LogP contribution is -2.13. The van der Waals surface area contributed by atoms with Crippen molar-refractivity contribution in [1.29, 1.82) is 0 Å². The Bertz CT molecular complexity index is 547. The molecule has 1 aromatic carbocycles. The van der Waals surface area contributed by atoms with Crippen LogP contribution in [0.1, 0.15) is 29.4 Å². The van der Waals surface area contributed by atoms with Gasteiger partial charge >= 0.3 is 0 Å². The van der Waals surface area contributed by atoms with Gasteiger partial charge in [0.15, 0.2) is 0 Å². The van der Waals surface area contributed by atoms with Crippen molar-refractivity contribution in [2.75, 3.05) is 11.1 Å². The van der Waals surface area contributed by atoms with Crippen LogP contribution in [0.15, 0.2) is 30.3 Å². The number of benzene rings is 1. The minimum atomic E-state index is -0.234. The topological polar surface area (TPSA) is 83.8 Å². The van der Waals surface area contributed by atoms with Crippen molar-refractivity contribution in [2.24, 2.45) is 0 Å². The van der Waals surface area contributed by atoms with E-state index in [0.29, 0.717) is 11.5 Å². The SMILES string of the molecule is CCCc1ccccc1NC(=O)c1cc(N)n[nH]1. The standard InChI is InChI=1S/C13H16N4O/c1-2-5-9-6-3-4-7-10(9)15-13(18)11-8-12(14)17-16-11/h3-4,6-8H,2,5H2,1H3,(H,15,18)(H3,14,16,17). The van der Waals surface area contributed by atoms with Crippen molar-refractivity contribution in [1.82, 2.24) is 10.2 Å². The van der Waals surface area contributed by atoms with Gasteiger partial charge in [0.25, 0.3) is 5.91 Å². The first-order valence-electron chi connectivity index (χ1n) is 5.91. The minimum absolute atomic E-state index is 0.234. The molecule has 94 valence electrons. The molecule has 0 aliphatic carbocycles. The van der Waals surface area contributed by atoms with Crippen LogP contribution in [0.5, 0.6) is 0 Å². The van der Waals surface area contributed by atoms with Gasteiger partial charge in [-0.1, -0.05) is 31.5 Å². The van der Waals surface area contributed by atoms with Crippen molar-refractivity contribution in [2.45, 2.75) is 19.8 Å². The smallest absolute Gasteiger partial charge is 0.273 e. The second kappa shape index (κ2) is 5.35. The summed E-state index contributed by atoms with van der Waals surface area (Å²) in [6.45, 7) is 2.11. The molecular weight excluding hydrogens is 228 g/mol. The summed E-state index contributed by atoms with van der Waals surface area (Å²) in [7, 11) is 0. The fourth-order valence-electron chi connectivity index (χ4n) is 1.77. The maximum Gasteiger partial charge on any atom is 0.273 e. The van der Waals surface area contributed by atoms with Crippen LogP contribution >= 0.6 is 0 Å². The Balaban J connectivity index is 2.16. The third-order valence-electron chi connectivity index (χ3n) is 2.63. The van der Waals surface area contributed by atoms with Crippen LogP contribution in [-0.4, -0.2) is 16.1 Å². The number of rotatable bonds is 4. The Morgan fingerprint density at radius 2 is 2.22 bits per heavy atom. The summed E-state index contributed by atoms with van der Waals surface area (Å²) in [5, 5.41) is 9.18. The predicted molar refractivity (Wildman–Crippen MR) is 71.4 cm³/mol. The number of nitrogens with one attached hydrogen (secondary N) is 2. The number of carbonyl (C=O) groups is 1. The Morgan fingerprint density at radius 1 is 1.44 bits per heavy atom. The lowest BCUT2D eigenvalue weighted by Gasteiger charge is -2.09. The van der Waals surface area contributed by atoms with Gasteiger partial charge in [-0.3, -0.25) is 9.89 Å². The van der Waals surface area contributed by atoms with E-state index in [4.69, 9.17) is 5.73 Å². The number of anilines is 2. The van der Waals surface area contributed by atoms with Crippen LogP contribution in [0.3, 0.4) is 0 Å². The number of para-hydroxylation sites is 1. The number of aromatic amines is 1. The van der Waals surface area contributed by atoms with Crippen LogP contribution in [0.2, 0.25) is 0 Å². The van der Waals surface area contributed by atoms with E-state index in [1.165, 1.54) is 6.07 Å². The number of hydrogen-bond acceptors (Lipinski definition) is 3. The Hall–Kier alpha value is -2.30. The molecule has 4 N–H and O–H groups in total. The van der Waals surface area contributed by atoms with Crippen LogP contribution in [0.4, 0.5) is 11.5 Å². The molecule has 1 heterocycles. The lowest BCUT2D eigenvalue weighted by molar-refractivity contribution is 0.102. The first-order chi connectivity index (χ1) is 8.70. The molecule has 0 unspecified atom stereocenters. The van der Waals surface area contributed by atoms with Crippen LogP contribution < -0.4 is 11.1 Å². The van der Waals surface area contributed by atoms with E-state index in [1.54, 1.807) is 0 Å². The Kier molecular flexibility index (Phi) is 3.62. The molecule has 0 spiro atoms. The minimum Gasteiger partial charge on any atom is -0.382 e. The van der Waals surface area contributed by atoms with Crippen molar-refractivity contribution >= 4 is 17.4 Å². The summed E-state index contributed by atoms with van der Waals surface area (Å²) in [6.07, 6.45) is 1.96. The zero-order valence-electron chi connectivity index (χ0n) is 10.2. The highest BCUT2D eigenvalue weighted by Gasteiger charge is 2.10. The lowest BCUT2D eigenvalue weighted by atomic mass is 10.1. The molecule has 18 heavy (non-hydrogen) atoms. The van der Waals surface area contributed by atoms with Gasteiger partial charge in [0, 0.05) is 11.8 Å². The molecule has 1 amide bonds. The zero-order valence-corrected chi connectivity index (χ0v) is 10.2. The van der Waals surface area contributed by atoms with E-state index < -0.39 is 0 Å². The number of H-pyrrole nitrogens is 1. The number of aryl methyl sites for hydroxylation is 1. The Morgan fingerprint density at radius 3 is 2.89 bits per heavy atom. The van der Waals surface area contributed by atoms with Gasteiger partial charge in [0.1, 0.15) is 11.5 Å². The second-order valence-electron chi connectivity index (χ2n) is 4.07. The van der Waals surface area contributed by atoms with Gasteiger partial charge in [-0.15, -0.1) is 0 Å². The van der Waals surface area contributed by atoms with Gasteiger partial charge < -0.3 is 11.1 Å². The third kappa shape index (κ3) is 2.68. The molecule has 0 aliphatic heterocycles. The fraction of sp³-hybridized carbons (Fsp3) is 0.231. The molecule has 5 nitrogen and oxygen atoms in total. The van der Waals surface area contributed by atoms with E-state index in [2.05, 4.69) is 22.4 Å². The monoisotopic (exact) mass is 244 g/mol. The van der Waals surface area contributed by atoms with Crippen LogP contribution in [0, 0.1) is 0 Å². The summed E-state index contributed by atoms with van der Waals surface area (Å²) in [4.78, 5) is 11.9. The van der Waals surface area contributed by atoms with E-state index >= 15 is 0 Å². The van der Waals surface area contributed by atoms with Crippen molar-refractivity contribution in [3.63, 3.8) is 0 Å². The summed E-state index contributed by atoms with van der Waals surface area (Å²) in [5.41, 5.74) is 7.78. The molecule has 0 atom stereocenters. The molecule has 2 aromatic rings. The molecular formula is C13H16N4O. The maximum atomic E-state index is 11.9. The normalized spacial score (nSPS) is 10.3. The molecule has 1 aromatic heterocycles. The number of nitrogens with zero attached hydrogens (tertiary/aromatic N) is 1. The van der Waals surface area contributed by atoms with Gasteiger partial charge in [-0.05, 0) is 18.1 Å². The highest BCUT2D eigenvalue weighted by atomic mass is 16.1. The van der Waals surface area contributed by atoms with Crippen molar-refractivity contribution < 1.29 is 4.79 Å². The number of aromatic nitrogens is 2. The number of nitrogen functional groups attached to an aromatic ring is 1. The fourth-order valence-corrected chi connectivity index (χ4v) is 1.77. The molecule has 5 heteroatoms. The van der Waals surface area contributed by atoms with Crippen LogP contribution in [0.25, 0.3) is 0 Å². The van der Waals surface area contributed by atoms with E-state index in [1.807, 2.05) is 24.3 Å². The summed E-state index contributed by atoms with van der Waals surface area (Å²) >= 11 is 0. The third-order valence-corrected chi connectivity index (χ3v) is 2.63. The van der Waals surface area contributed by atoms with Gasteiger partial charge in [-0.2, -0.15) is 5.10 Å². The average Bonchev–Trinajstić information content (AvgIpc) is 2.79. The molecule has 0 bridgehead atoms. The van der Waals surface area contributed by atoms with E-state index in [-0.39, 0.29) is 5.91 Å². The van der Waals surface area contributed by atoms with E-state index in [9.17, 15) is 4.79 Å². The molecule has 2 rings (SSSR count). The van der Waals surface area contributed by atoms with Gasteiger partial charge in [-0.25, -0.2) is 0 Å². The van der Waals surface area contributed by atoms with Crippen molar-refractivity contribution in [3.8, 4) is 0 Å². The molecule has 0 fully saturated rings. The van der Waals surface area contributed by atoms with E-state index in [0.717, 1.165) is 24.1 Å². The first kappa shape index (κ1) is 12.2. The summed E-state index contributed by atoms with van der Waals surface area (Å²) in [5.74, 6) is 0.0738. The number of nitrogens with two attached hydrogens (primary N) is 1. The largest absolute Gasteiger partial charge is 0.382 e. The Labute approximate surface area is 105 Å². The quantitative estimate of drug-likeness (QED) is 0.770. The number of carbonyl (C=O) groups excluding carboxylic acids is 1. The number of amides is 1. The zero-order chi connectivity index (χ0) is 13.0. The average molecular weight is 244 g/mol. The summed E-state index contributed by atoms with van der Waals surface area (Å²) < 4.78 is 0. The van der Waals surface area contributed by atoms with Gasteiger partial charge in [0.05, 0.1) is 0 Å². The van der Waals surface area contributed by atoms with Crippen molar-refractivity contribution in [3.05, 3.63) is 41.6 Å². The highest BCUT2D eigenvalue weighted by Crippen LogP contribution is 2.17. The molecule has 0 aliphatic rings. The second-order valence-corrected chi connectivity index (χ2v) is 4.07. The molecule has 0 radical (unpaired) electrons. The summed E-state index contributed by atoms with van der Waals surface area (Å²) in [6, 6.07) is 9.28. The maximum absolute atomic E-state index is 11.9. The molecule has 0 saturated heterocycles. The van der Waals surface area contributed by atoms with Gasteiger partial charge in [0.2, 0.25) is 0 Å². The first-order valence-corrected chi connectivity index (χ1v) is 5.91.